The van der Waals surface area contributed by atoms with Gasteiger partial charge >= 0.3 is 0 Å². The van der Waals surface area contributed by atoms with Crippen LogP contribution >= 0.6 is 0 Å². The Bertz CT molecular complexity index is 898. The molecule has 1 amide bonds. The number of carbonyl (C=O) groups excluding carboxylic acids is 2. The average Bonchev–Trinajstić information content (AvgIpc) is 3.12. The molecule has 2 N–H and O–H groups in total. The summed E-state index contributed by atoms with van der Waals surface area (Å²) in [5.41, 5.74) is 2.43. The zero-order valence-electron chi connectivity index (χ0n) is 16.6. The number of nitrogens with zero attached hydrogens (tertiary/aromatic N) is 4. The molecular formula is C20H25N5O3. The first-order valence-electron chi connectivity index (χ1n) is 9.18. The molecule has 0 saturated carbocycles. The van der Waals surface area contributed by atoms with Crippen LogP contribution in [0.3, 0.4) is 0 Å². The predicted octanol–water partition coefficient (Wildman–Crippen LogP) is 1.79. The molecule has 3 rings (SSSR count). The number of Topliss-reactive ketones (excluding diaryl/α,β-unsaturated/α-hetero) is 1. The predicted molar refractivity (Wildman–Crippen MR) is 104 cm³/mol. The smallest absolute Gasteiger partial charge is 0.295 e. The maximum absolute atomic E-state index is 12.9. The summed E-state index contributed by atoms with van der Waals surface area (Å²) in [7, 11) is 3.91. The van der Waals surface area contributed by atoms with Crippen LogP contribution in [0.2, 0.25) is 0 Å². The molecule has 8 nitrogen and oxygen atoms in total. The molecule has 28 heavy (non-hydrogen) atoms. The highest BCUT2D eigenvalue weighted by Gasteiger charge is 2.46. The second-order valence-electron chi connectivity index (χ2n) is 7.24. The lowest BCUT2D eigenvalue weighted by molar-refractivity contribution is -0.139. The maximum atomic E-state index is 12.9. The maximum Gasteiger partial charge on any atom is 0.295 e. The van der Waals surface area contributed by atoms with E-state index in [0.29, 0.717) is 35.5 Å². The van der Waals surface area contributed by atoms with Crippen LogP contribution in [0.15, 0.2) is 30.1 Å². The number of H-pyrrole nitrogens is 1. The lowest BCUT2D eigenvalue weighted by Crippen LogP contribution is -2.32. The zero-order valence-corrected chi connectivity index (χ0v) is 16.6. The second-order valence-corrected chi connectivity index (χ2v) is 7.24. The molecule has 0 bridgehead atoms. The summed E-state index contributed by atoms with van der Waals surface area (Å²) in [6.45, 7) is 4.69. The fourth-order valence-corrected chi connectivity index (χ4v) is 3.59. The number of carbonyl (C=O) groups is 2. The van der Waals surface area contributed by atoms with Gasteiger partial charge in [-0.2, -0.15) is 5.10 Å². The number of aliphatic hydroxyl groups excluding tert-OH is 1. The fraction of sp³-hybridized carbons (Fsp3) is 0.400. The standard InChI is InChI=1S/C20H25N5O3/c1-12-15(13(2)23-22-12)18(26)16-17(14-7-5-8-21-11-14)25(20(28)19(16)27)10-6-9-24(3)4/h5,7-8,11,17,26H,6,9-10H2,1-4H3,(H,22,23)/b18-16+/t17-/m0/s1. The molecule has 0 aromatic carbocycles. The normalized spacial score (nSPS) is 19.0. The van der Waals surface area contributed by atoms with E-state index in [1.54, 1.807) is 32.3 Å². The van der Waals surface area contributed by atoms with Crippen molar-refractivity contribution in [1.29, 1.82) is 0 Å². The van der Waals surface area contributed by atoms with Crippen molar-refractivity contribution in [3.63, 3.8) is 0 Å². The van der Waals surface area contributed by atoms with Gasteiger partial charge in [0.25, 0.3) is 11.7 Å². The van der Waals surface area contributed by atoms with Crippen LogP contribution in [0.25, 0.3) is 5.76 Å². The van der Waals surface area contributed by atoms with Gasteiger partial charge in [-0.1, -0.05) is 6.07 Å². The number of hydrogen-bond donors (Lipinski definition) is 2. The van der Waals surface area contributed by atoms with Gasteiger partial charge < -0.3 is 14.9 Å². The van der Waals surface area contributed by atoms with Gasteiger partial charge in [0.05, 0.1) is 22.9 Å². The van der Waals surface area contributed by atoms with Crippen LogP contribution in [0.4, 0.5) is 0 Å². The zero-order chi connectivity index (χ0) is 20.4. The fourth-order valence-electron chi connectivity index (χ4n) is 3.59. The molecule has 148 valence electrons. The summed E-state index contributed by atoms with van der Waals surface area (Å²) in [6, 6.07) is 2.89. The van der Waals surface area contributed by atoms with Crippen LogP contribution < -0.4 is 0 Å². The van der Waals surface area contributed by atoms with Gasteiger partial charge in [0.2, 0.25) is 0 Å². The highest BCUT2D eigenvalue weighted by Crippen LogP contribution is 2.39. The van der Waals surface area contributed by atoms with Gasteiger partial charge in [-0.15, -0.1) is 0 Å². The Morgan fingerprint density at radius 3 is 2.64 bits per heavy atom. The van der Waals surface area contributed by atoms with Crippen LogP contribution in [0.5, 0.6) is 0 Å². The summed E-state index contributed by atoms with van der Waals surface area (Å²) in [5, 5.41) is 17.9. The minimum Gasteiger partial charge on any atom is -0.507 e. The number of nitrogens with one attached hydrogen (secondary N) is 1. The molecule has 8 heteroatoms. The minimum absolute atomic E-state index is 0.0791. The number of likely N-dealkylation sites (tertiary alicyclic amines) is 1. The molecule has 2 aromatic rings. The number of amides is 1. The quantitative estimate of drug-likeness (QED) is 0.448. The van der Waals surface area contributed by atoms with Gasteiger partial charge in [-0.3, -0.25) is 19.7 Å². The van der Waals surface area contributed by atoms with Crippen LogP contribution in [0, 0.1) is 13.8 Å². The summed E-state index contributed by atoms with van der Waals surface area (Å²) < 4.78 is 0. The van der Waals surface area contributed by atoms with Crippen LogP contribution in [-0.4, -0.2) is 69.0 Å². The van der Waals surface area contributed by atoms with Crippen molar-refractivity contribution < 1.29 is 14.7 Å². The third-order valence-electron chi connectivity index (χ3n) is 4.91. The van der Waals surface area contributed by atoms with E-state index in [2.05, 4.69) is 15.2 Å². The molecule has 0 radical (unpaired) electrons. The van der Waals surface area contributed by atoms with Crippen molar-refractivity contribution in [3.05, 3.63) is 52.6 Å². The number of ketones is 1. The third-order valence-corrected chi connectivity index (χ3v) is 4.91. The molecule has 1 fully saturated rings. The van der Waals surface area contributed by atoms with E-state index in [0.717, 1.165) is 6.54 Å². The van der Waals surface area contributed by atoms with Crippen molar-refractivity contribution in [2.24, 2.45) is 0 Å². The van der Waals surface area contributed by atoms with E-state index >= 15 is 0 Å². The van der Waals surface area contributed by atoms with Gasteiger partial charge in [0, 0.05) is 24.6 Å². The molecule has 0 aliphatic carbocycles. The van der Waals surface area contributed by atoms with E-state index in [4.69, 9.17) is 0 Å². The number of pyridine rings is 1. The molecule has 1 atom stereocenters. The van der Waals surface area contributed by atoms with E-state index < -0.39 is 17.7 Å². The van der Waals surface area contributed by atoms with Gasteiger partial charge in [0.15, 0.2) is 0 Å². The second kappa shape index (κ2) is 7.93. The monoisotopic (exact) mass is 383 g/mol. The van der Waals surface area contributed by atoms with Crippen molar-refractivity contribution in [2.45, 2.75) is 26.3 Å². The molecule has 1 aliphatic heterocycles. The summed E-state index contributed by atoms with van der Waals surface area (Å²) in [6.07, 6.45) is 3.96. The number of aromatic nitrogens is 3. The number of aromatic amines is 1. The summed E-state index contributed by atoms with van der Waals surface area (Å²) in [5.74, 6) is -1.49. The van der Waals surface area contributed by atoms with E-state index in [-0.39, 0.29) is 11.3 Å². The molecule has 3 heterocycles. The Kier molecular flexibility index (Phi) is 5.60. The minimum atomic E-state index is -0.684. The number of rotatable bonds is 6. The lowest BCUT2D eigenvalue weighted by Gasteiger charge is -2.25. The first-order valence-corrected chi connectivity index (χ1v) is 9.18. The topological polar surface area (TPSA) is 102 Å². The Morgan fingerprint density at radius 2 is 2.07 bits per heavy atom. The Hall–Kier alpha value is -3.00. The SMILES string of the molecule is Cc1n[nH]c(C)c1/C(O)=C1\C(=O)C(=O)N(CCCN(C)C)[C@H]1c1cccnc1. The molecular weight excluding hydrogens is 358 g/mol. The van der Waals surface area contributed by atoms with Gasteiger partial charge in [0.1, 0.15) is 5.76 Å². The van der Waals surface area contributed by atoms with E-state index in [9.17, 15) is 14.7 Å². The van der Waals surface area contributed by atoms with Crippen LogP contribution in [0.1, 0.15) is 35.0 Å². The number of aryl methyl sites for hydroxylation is 2. The Labute approximate surface area is 163 Å². The molecule has 2 aromatic heterocycles. The van der Waals surface area contributed by atoms with E-state index in [1.165, 1.54) is 4.90 Å². The van der Waals surface area contributed by atoms with Crippen molar-refractivity contribution in [3.8, 4) is 0 Å². The number of aliphatic hydroxyl groups is 1. The van der Waals surface area contributed by atoms with Crippen molar-refractivity contribution in [1.82, 2.24) is 25.0 Å². The third kappa shape index (κ3) is 3.55. The van der Waals surface area contributed by atoms with E-state index in [1.807, 2.05) is 25.1 Å². The first-order chi connectivity index (χ1) is 13.3. The summed E-state index contributed by atoms with van der Waals surface area (Å²) in [4.78, 5) is 33.4. The molecule has 1 aliphatic rings. The van der Waals surface area contributed by atoms with Crippen molar-refractivity contribution >= 4 is 17.4 Å². The van der Waals surface area contributed by atoms with Crippen LogP contribution in [-0.2, 0) is 9.59 Å². The molecule has 0 spiro atoms. The average molecular weight is 383 g/mol. The Morgan fingerprint density at radius 1 is 1.32 bits per heavy atom. The van der Waals surface area contributed by atoms with Gasteiger partial charge in [-0.05, 0) is 52.5 Å². The highest BCUT2D eigenvalue weighted by molar-refractivity contribution is 6.46. The lowest BCUT2D eigenvalue weighted by atomic mass is 9.95. The molecule has 1 saturated heterocycles. The highest BCUT2D eigenvalue weighted by atomic mass is 16.3. The largest absolute Gasteiger partial charge is 0.507 e. The number of hydrogen-bond acceptors (Lipinski definition) is 6. The van der Waals surface area contributed by atoms with Gasteiger partial charge in [-0.25, -0.2) is 0 Å². The Balaban J connectivity index is 2.10. The van der Waals surface area contributed by atoms with Crippen molar-refractivity contribution in [2.75, 3.05) is 27.2 Å². The molecule has 0 unspecified atom stereocenters. The first kappa shape index (κ1) is 19.8. The summed E-state index contributed by atoms with van der Waals surface area (Å²) >= 11 is 0.